The Labute approximate surface area is 227 Å². The number of halogens is 4. The van der Waals surface area contributed by atoms with Gasteiger partial charge in [-0.25, -0.2) is 10.9 Å². The smallest absolute Gasteiger partial charge is 0.426 e. The van der Waals surface area contributed by atoms with Crippen LogP contribution in [0.15, 0.2) is 18.2 Å². The Morgan fingerprint density at radius 3 is 1.95 bits per heavy atom. The quantitative estimate of drug-likeness (QED) is 0.179. The van der Waals surface area contributed by atoms with Crippen LogP contribution in [0.25, 0.3) is 0 Å². The largest absolute Gasteiger partial charge is 0.463 e. The molecular weight excluding hydrogens is 636 g/mol. The van der Waals surface area contributed by atoms with E-state index in [1.54, 1.807) is 22.6 Å². The molecule has 1 aromatic rings. The zero-order valence-electron chi connectivity index (χ0n) is 20.4. The molecule has 1 aromatic carbocycles. The highest BCUT2D eigenvalue weighted by Crippen LogP contribution is 2.43. The fourth-order valence-electron chi connectivity index (χ4n) is 3.75. The van der Waals surface area contributed by atoms with E-state index in [-0.39, 0.29) is 14.9 Å². The van der Waals surface area contributed by atoms with Gasteiger partial charge in [-0.1, -0.05) is 6.07 Å². The minimum Gasteiger partial charge on any atom is -0.463 e. The molecule has 2 heterocycles. The van der Waals surface area contributed by atoms with E-state index in [0.29, 0.717) is 0 Å². The highest BCUT2D eigenvalue weighted by molar-refractivity contribution is 14.1. The van der Waals surface area contributed by atoms with Crippen LogP contribution in [0.1, 0.15) is 33.3 Å². The number of alkyl halides is 3. The molecule has 0 aromatic heterocycles. The summed E-state index contributed by atoms with van der Waals surface area (Å²) in [6.45, 7) is 3.89. The molecule has 16 heteroatoms. The van der Waals surface area contributed by atoms with Gasteiger partial charge in [-0.3, -0.25) is 19.2 Å². The predicted octanol–water partition coefficient (Wildman–Crippen LogP) is 1.58. The first-order valence-electron chi connectivity index (χ1n) is 11.0. The Balaban J connectivity index is 1.97. The van der Waals surface area contributed by atoms with Crippen molar-refractivity contribution in [2.45, 2.75) is 70.2 Å². The normalized spacial score (nSPS) is 26.1. The molecular formula is C22H24F3IN2O10. The molecule has 0 radical (unpaired) electrons. The molecule has 1 unspecified atom stereocenters. The first-order chi connectivity index (χ1) is 17.6. The number of carbonyl (C=O) groups excluding carboxylic acids is 4. The summed E-state index contributed by atoms with van der Waals surface area (Å²) in [4.78, 5) is 47.1. The lowest BCUT2D eigenvalue weighted by atomic mass is 9.98. The number of carbonyl (C=O) groups is 4. The third-order valence-corrected chi connectivity index (χ3v) is 6.20. The van der Waals surface area contributed by atoms with E-state index in [9.17, 15) is 32.3 Å². The van der Waals surface area contributed by atoms with Crippen molar-refractivity contribution in [3.05, 3.63) is 27.3 Å². The van der Waals surface area contributed by atoms with Crippen LogP contribution in [0.3, 0.4) is 0 Å². The van der Waals surface area contributed by atoms with Crippen LogP contribution in [0.5, 0.6) is 5.75 Å². The van der Waals surface area contributed by atoms with Crippen molar-refractivity contribution in [1.29, 1.82) is 0 Å². The third kappa shape index (κ3) is 6.83. The monoisotopic (exact) mass is 660 g/mol. The highest BCUT2D eigenvalue weighted by Gasteiger charge is 2.65. The van der Waals surface area contributed by atoms with Gasteiger partial charge in [-0.2, -0.15) is 13.2 Å². The molecule has 2 N–H and O–H groups in total. The molecule has 2 aliphatic rings. The van der Waals surface area contributed by atoms with Crippen molar-refractivity contribution in [2.24, 2.45) is 0 Å². The minimum absolute atomic E-state index is 0.0354. The molecule has 0 amide bonds. The van der Waals surface area contributed by atoms with Gasteiger partial charge in [0.25, 0.3) is 0 Å². The lowest BCUT2D eigenvalue weighted by Crippen LogP contribution is -2.63. The Bertz CT molecular complexity index is 1100. The van der Waals surface area contributed by atoms with Gasteiger partial charge < -0.3 is 28.4 Å². The van der Waals surface area contributed by atoms with Gasteiger partial charge >= 0.3 is 30.1 Å². The van der Waals surface area contributed by atoms with Gasteiger partial charge in [0, 0.05) is 27.7 Å². The van der Waals surface area contributed by atoms with E-state index in [1.807, 2.05) is 0 Å². The van der Waals surface area contributed by atoms with Crippen molar-refractivity contribution in [1.82, 2.24) is 10.9 Å². The summed E-state index contributed by atoms with van der Waals surface area (Å²) in [7, 11) is 0. The van der Waals surface area contributed by atoms with Crippen molar-refractivity contribution in [3.63, 3.8) is 0 Å². The van der Waals surface area contributed by atoms with E-state index in [2.05, 4.69) is 10.9 Å². The van der Waals surface area contributed by atoms with Crippen LogP contribution in [-0.2, 0) is 48.5 Å². The number of rotatable bonds is 8. The Morgan fingerprint density at radius 1 is 0.921 bits per heavy atom. The molecule has 2 aliphatic heterocycles. The maximum Gasteiger partial charge on any atom is 0.426 e. The standard InChI is InChI=1S/C22H24F3IN2O10/c1-9(29)33-8-16-17(34-10(2)30)18(35-11(3)31)19(36-12(4)32)20(38-16)37-15-6-5-13(7-14(15)26)21(27-28-21)22(23,24)25/h5-7,16-20,27-28H,8H2,1-4H3/t16-,17-,18+,19-,20?/m1/s1. The van der Waals surface area contributed by atoms with E-state index in [0.717, 1.165) is 27.7 Å². The molecule has 0 bridgehead atoms. The van der Waals surface area contributed by atoms with Gasteiger partial charge in [-0.15, -0.1) is 0 Å². The van der Waals surface area contributed by atoms with Crippen molar-refractivity contribution in [2.75, 3.05) is 6.61 Å². The highest BCUT2D eigenvalue weighted by atomic mass is 127. The van der Waals surface area contributed by atoms with Crippen LogP contribution in [0.2, 0.25) is 0 Å². The second kappa shape index (κ2) is 11.6. The molecule has 0 saturated carbocycles. The summed E-state index contributed by atoms with van der Waals surface area (Å²) in [5.41, 5.74) is 1.66. The van der Waals surface area contributed by atoms with Crippen molar-refractivity contribution >= 4 is 46.5 Å². The maximum absolute atomic E-state index is 13.5. The number of benzene rings is 1. The van der Waals surface area contributed by atoms with Crippen molar-refractivity contribution in [3.8, 4) is 5.75 Å². The number of hydrazine groups is 1. The predicted molar refractivity (Wildman–Crippen MR) is 126 cm³/mol. The van der Waals surface area contributed by atoms with Gasteiger partial charge in [0.1, 0.15) is 18.5 Å². The zero-order valence-corrected chi connectivity index (χ0v) is 22.6. The van der Waals surface area contributed by atoms with Gasteiger partial charge in [-0.05, 0) is 40.3 Å². The second-order valence-corrected chi connectivity index (χ2v) is 9.49. The maximum atomic E-state index is 13.5. The van der Waals surface area contributed by atoms with E-state index in [4.69, 9.17) is 28.4 Å². The second-order valence-electron chi connectivity index (χ2n) is 8.33. The summed E-state index contributed by atoms with van der Waals surface area (Å²) in [6, 6.07) is 3.64. The SMILES string of the molecule is CC(=O)OC[C@H]1OC(Oc2ccc(C3(C(F)(F)F)NN3)cc2I)[C@H](OC(C)=O)[C@@H](OC(C)=O)[C@@H]1OC(C)=O. The molecule has 38 heavy (non-hydrogen) atoms. The third-order valence-electron chi connectivity index (χ3n) is 5.36. The van der Waals surface area contributed by atoms with Crippen LogP contribution in [0.4, 0.5) is 13.2 Å². The molecule has 2 fully saturated rings. The molecule has 2 saturated heterocycles. The van der Waals surface area contributed by atoms with Crippen LogP contribution < -0.4 is 15.6 Å². The lowest BCUT2D eigenvalue weighted by Gasteiger charge is -2.44. The number of hydrogen-bond acceptors (Lipinski definition) is 12. The summed E-state index contributed by atoms with van der Waals surface area (Å²) in [5, 5.41) is 0. The van der Waals surface area contributed by atoms with Gasteiger partial charge in [0.15, 0.2) is 12.2 Å². The zero-order chi connectivity index (χ0) is 28.4. The summed E-state index contributed by atoms with van der Waals surface area (Å²) in [5.74, 6) is -3.10. The van der Waals surface area contributed by atoms with E-state index in [1.165, 1.54) is 18.2 Å². The fraction of sp³-hybridized carbons (Fsp3) is 0.545. The summed E-state index contributed by atoms with van der Waals surface area (Å²) >= 11 is 1.75. The van der Waals surface area contributed by atoms with Crippen molar-refractivity contribution < 1.29 is 60.8 Å². The molecule has 12 nitrogen and oxygen atoms in total. The fourth-order valence-corrected chi connectivity index (χ4v) is 4.39. The molecule has 0 aliphatic carbocycles. The molecule has 5 atom stereocenters. The number of hydrogen-bond donors (Lipinski definition) is 2. The average Bonchev–Trinajstić information content (AvgIpc) is 3.59. The van der Waals surface area contributed by atoms with Gasteiger partial charge in [0.2, 0.25) is 18.1 Å². The van der Waals surface area contributed by atoms with E-state index >= 15 is 0 Å². The van der Waals surface area contributed by atoms with Gasteiger partial charge in [0.05, 0.1) is 3.57 Å². The molecule has 0 spiro atoms. The Morgan fingerprint density at radius 2 is 1.47 bits per heavy atom. The Kier molecular flexibility index (Phi) is 9.10. The Hall–Kier alpha value is -2.70. The summed E-state index contributed by atoms with van der Waals surface area (Å²) in [6.07, 6.45) is -11.7. The van der Waals surface area contributed by atoms with Crippen LogP contribution in [0, 0.1) is 3.57 Å². The molecule has 210 valence electrons. The minimum atomic E-state index is -4.63. The number of ether oxygens (including phenoxy) is 6. The lowest BCUT2D eigenvalue weighted by molar-refractivity contribution is -0.288. The first kappa shape index (κ1) is 29.9. The average molecular weight is 660 g/mol. The number of esters is 4. The van der Waals surface area contributed by atoms with Crippen LogP contribution in [-0.4, -0.2) is 67.4 Å². The molecule has 3 rings (SSSR count). The van der Waals surface area contributed by atoms with Crippen LogP contribution >= 0.6 is 22.6 Å². The number of nitrogens with one attached hydrogen (secondary N) is 2. The topological polar surface area (TPSA) is 168 Å². The first-order valence-corrected chi connectivity index (χ1v) is 12.1. The summed E-state index contributed by atoms with van der Waals surface area (Å²) < 4.78 is 73.3. The van der Waals surface area contributed by atoms with E-state index < -0.39 is 73.0 Å².